The Morgan fingerprint density at radius 3 is 2.89 bits per heavy atom. The molecule has 1 aromatic carbocycles. The van der Waals surface area contributed by atoms with Gasteiger partial charge in [0.05, 0.1) is 12.7 Å². The highest BCUT2D eigenvalue weighted by molar-refractivity contribution is 5.74. The lowest BCUT2D eigenvalue weighted by atomic mass is 10.0. The minimum atomic E-state index is -0.404. The molecule has 0 aliphatic carbocycles. The molecule has 0 amide bonds. The highest BCUT2D eigenvalue weighted by Crippen LogP contribution is 2.21. The van der Waals surface area contributed by atoms with Gasteiger partial charge in [0.15, 0.2) is 6.10 Å². The zero-order chi connectivity index (χ0) is 13.5. The van der Waals surface area contributed by atoms with E-state index in [4.69, 9.17) is 9.47 Å². The van der Waals surface area contributed by atoms with E-state index in [1.54, 1.807) is 0 Å². The van der Waals surface area contributed by atoms with Gasteiger partial charge in [0.25, 0.3) is 0 Å². The van der Waals surface area contributed by atoms with Gasteiger partial charge in [0, 0.05) is 0 Å². The van der Waals surface area contributed by atoms with Crippen molar-refractivity contribution in [1.29, 1.82) is 0 Å². The summed E-state index contributed by atoms with van der Waals surface area (Å²) in [7, 11) is 0. The molecule has 1 aliphatic heterocycles. The number of carbonyl (C=O) groups is 1. The SMILES string of the molecule is CCOC(=O)[C@@H]1CCC[C@H](/C=C/c2ccccc2)O1. The van der Waals surface area contributed by atoms with E-state index in [-0.39, 0.29) is 12.1 Å². The Kier molecular flexibility index (Phi) is 5.16. The van der Waals surface area contributed by atoms with Crippen LogP contribution in [0.3, 0.4) is 0 Å². The number of hydrogen-bond acceptors (Lipinski definition) is 3. The monoisotopic (exact) mass is 260 g/mol. The molecule has 3 nitrogen and oxygen atoms in total. The van der Waals surface area contributed by atoms with Gasteiger partial charge in [0.2, 0.25) is 0 Å². The van der Waals surface area contributed by atoms with Crippen LogP contribution in [0.1, 0.15) is 31.7 Å². The Bertz CT molecular complexity index is 425. The van der Waals surface area contributed by atoms with Crippen LogP contribution in [-0.4, -0.2) is 24.8 Å². The van der Waals surface area contributed by atoms with Crippen molar-refractivity contribution in [3.63, 3.8) is 0 Å². The molecule has 3 heteroatoms. The van der Waals surface area contributed by atoms with Crippen LogP contribution in [0.4, 0.5) is 0 Å². The minimum absolute atomic E-state index is 0.00311. The van der Waals surface area contributed by atoms with Crippen molar-refractivity contribution in [2.75, 3.05) is 6.61 Å². The second kappa shape index (κ2) is 7.10. The number of esters is 1. The van der Waals surface area contributed by atoms with Crippen LogP contribution >= 0.6 is 0 Å². The van der Waals surface area contributed by atoms with Crippen LogP contribution in [0.15, 0.2) is 36.4 Å². The number of ether oxygens (including phenoxy) is 2. The van der Waals surface area contributed by atoms with E-state index in [2.05, 4.69) is 0 Å². The van der Waals surface area contributed by atoms with Gasteiger partial charge in [-0.1, -0.05) is 42.5 Å². The summed E-state index contributed by atoms with van der Waals surface area (Å²) in [6.45, 7) is 2.22. The Morgan fingerprint density at radius 2 is 2.16 bits per heavy atom. The Morgan fingerprint density at radius 1 is 1.37 bits per heavy atom. The van der Waals surface area contributed by atoms with E-state index < -0.39 is 6.10 Å². The zero-order valence-electron chi connectivity index (χ0n) is 11.2. The van der Waals surface area contributed by atoms with E-state index in [1.165, 1.54) is 0 Å². The molecule has 102 valence electrons. The third kappa shape index (κ3) is 4.21. The standard InChI is InChI=1S/C16H20O3/c1-2-18-16(17)15-10-6-9-14(19-15)12-11-13-7-4-3-5-8-13/h3-5,7-8,11-12,14-15H,2,6,9-10H2,1H3/b12-11+/t14-,15+/m1/s1. The molecule has 19 heavy (non-hydrogen) atoms. The first-order valence-electron chi connectivity index (χ1n) is 6.85. The minimum Gasteiger partial charge on any atom is -0.464 e. The van der Waals surface area contributed by atoms with E-state index in [0.29, 0.717) is 6.61 Å². The highest BCUT2D eigenvalue weighted by Gasteiger charge is 2.27. The lowest BCUT2D eigenvalue weighted by molar-refractivity contribution is -0.162. The smallest absolute Gasteiger partial charge is 0.335 e. The third-order valence-electron chi connectivity index (χ3n) is 3.15. The van der Waals surface area contributed by atoms with Crippen molar-refractivity contribution >= 4 is 12.0 Å². The molecule has 0 saturated carbocycles. The van der Waals surface area contributed by atoms with Crippen molar-refractivity contribution in [2.24, 2.45) is 0 Å². The van der Waals surface area contributed by atoms with Crippen LogP contribution in [0.2, 0.25) is 0 Å². The highest BCUT2D eigenvalue weighted by atomic mass is 16.6. The summed E-state index contributed by atoms with van der Waals surface area (Å²) in [6, 6.07) is 10.1. The summed E-state index contributed by atoms with van der Waals surface area (Å²) in [6.07, 6.45) is 6.38. The van der Waals surface area contributed by atoms with Gasteiger partial charge in [-0.25, -0.2) is 4.79 Å². The Hall–Kier alpha value is -1.61. The molecule has 0 unspecified atom stereocenters. The quantitative estimate of drug-likeness (QED) is 0.780. The lowest BCUT2D eigenvalue weighted by Gasteiger charge is -2.26. The van der Waals surface area contributed by atoms with Gasteiger partial charge < -0.3 is 9.47 Å². The van der Waals surface area contributed by atoms with Gasteiger partial charge in [-0.3, -0.25) is 0 Å². The maximum absolute atomic E-state index is 11.6. The molecule has 0 N–H and O–H groups in total. The predicted molar refractivity (Wildman–Crippen MR) is 74.6 cm³/mol. The molecule has 1 fully saturated rings. The molecule has 1 aliphatic rings. The van der Waals surface area contributed by atoms with Crippen molar-refractivity contribution < 1.29 is 14.3 Å². The first-order valence-corrected chi connectivity index (χ1v) is 6.85. The predicted octanol–water partition coefficient (Wildman–Crippen LogP) is 3.20. The topological polar surface area (TPSA) is 35.5 Å². The molecule has 1 saturated heterocycles. The van der Waals surface area contributed by atoms with Gasteiger partial charge >= 0.3 is 5.97 Å². The fourth-order valence-electron chi connectivity index (χ4n) is 2.18. The number of carbonyl (C=O) groups excluding carboxylic acids is 1. The van der Waals surface area contributed by atoms with Gasteiger partial charge in [-0.2, -0.15) is 0 Å². The number of hydrogen-bond donors (Lipinski definition) is 0. The van der Waals surface area contributed by atoms with Crippen molar-refractivity contribution in [1.82, 2.24) is 0 Å². The van der Waals surface area contributed by atoms with Crippen LogP contribution in [0, 0.1) is 0 Å². The second-order valence-electron chi connectivity index (χ2n) is 4.62. The van der Waals surface area contributed by atoms with Gasteiger partial charge in [-0.05, 0) is 31.7 Å². The summed E-state index contributed by atoms with van der Waals surface area (Å²) in [5.74, 6) is -0.236. The van der Waals surface area contributed by atoms with E-state index in [1.807, 2.05) is 49.4 Å². The third-order valence-corrected chi connectivity index (χ3v) is 3.15. The number of benzene rings is 1. The largest absolute Gasteiger partial charge is 0.464 e. The average molecular weight is 260 g/mol. The van der Waals surface area contributed by atoms with Crippen molar-refractivity contribution in [3.8, 4) is 0 Å². The number of rotatable bonds is 4. The van der Waals surface area contributed by atoms with Crippen LogP contribution in [0.5, 0.6) is 0 Å². The first-order chi connectivity index (χ1) is 9.29. The van der Waals surface area contributed by atoms with Crippen LogP contribution in [0.25, 0.3) is 6.08 Å². The molecule has 0 spiro atoms. The molecular weight excluding hydrogens is 240 g/mol. The lowest BCUT2D eigenvalue weighted by Crippen LogP contribution is -2.34. The Labute approximate surface area is 114 Å². The van der Waals surface area contributed by atoms with Gasteiger partial charge in [-0.15, -0.1) is 0 Å². The second-order valence-corrected chi connectivity index (χ2v) is 4.62. The fraction of sp³-hybridized carbons (Fsp3) is 0.438. The van der Waals surface area contributed by atoms with Crippen LogP contribution in [-0.2, 0) is 14.3 Å². The molecule has 0 bridgehead atoms. The van der Waals surface area contributed by atoms with Gasteiger partial charge in [0.1, 0.15) is 0 Å². The van der Waals surface area contributed by atoms with E-state index in [0.717, 1.165) is 24.8 Å². The first kappa shape index (κ1) is 13.8. The molecule has 1 aromatic rings. The maximum Gasteiger partial charge on any atom is 0.335 e. The van der Waals surface area contributed by atoms with Crippen LogP contribution < -0.4 is 0 Å². The normalized spacial score (nSPS) is 23.4. The summed E-state index contributed by atoms with van der Waals surface area (Å²) < 4.78 is 10.8. The summed E-state index contributed by atoms with van der Waals surface area (Å²) in [5, 5.41) is 0. The summed E-state index contributed by atoms with van der Waals surface area (Å²) in [4.78, 5) is 11.6. The van der Waals surface area contributed by atoms with E-state index in [9.17, 15) is 4.79 Å². The zero-order valence-corrected chi connectivity index (χ0v) is 11.2. The summed E-state index contributed by atoms with van der Waals surface area (Å²) in [5.41, 5.74) is 1.14. The average Bonchev–Trinajstić information content (AvgIpc) is 2.47. The molecule has 1 heterocycles. The fourth-order valence-corrected chi connectivity index (χ4v) is 2.18. The Balaban J connectivity index is 1.91. The molecular formula is C16H20O3. The summed E-state index contributed by atoms with van der Waals surface area (Å²) >= 11 is 0. The maximum atomic E-state index is 11.6. The molecule has 2 atom stereocenters. The van der Waals surface area contributed by atoms with Crippen molar-refractivity contribution in [3.05, 3.63) is 42.0 Å². The molecule has 2 rings (SSSR count). The van der Waals surface area contributed by atoms with Crippen molar-refractivity contribution in [2.45, 2.75) is 38.4 Å². The van der Waals surface area contributed by atoms with E-state index >= 15 is 0 Å². The molecule has 0 radical (unpaired) electrons. The molecule has 0 aromatic heterocycles.